The lowest BCUT2D eigenvalue weighted by Gasteiger charge is -2.33. The molecule has 186 valence electrons. The van der Waals surface area contributed by atoms with E-state index in [4.69, 9.17) is 13.9 Å². The van der Waals surface area contributed by atoms with Gasteiger partial charge in [-0.15, -0.1) is 0 Å². The average Bonchev–Trinajstić information content (AvgIpc) is 3.23. The minimum atomic E-state index is -4.40. The Labute approximate surface area is 201 Å². The highest BCUT2D eigenvalue weighted by atomic mass is 19.4. The topological polar surface area (TPSA) is 64.8 Å². The molecule has 4 rings (SSSR count). The first-order valence-electron chi connectivity index (χ1n) is 11.4. The Morgan fingerprint density at radius 3 is 2.66 bits per heavy atom. The number of piperidine rings is 1. The summed E-state index contributed by atoms with van der Waals surface area (Å²) in [4.78, 5) is 18.7. The van der Waals surface area contributed by atoms with Crippen molar-refractivity contribution < 1.29 is 31.9 Å². The minimum absolute atomic E-state index is 0.147. The quantitative estimate of drug-likeness (QED) is 0.393. The molecule has 1 aliphatic heterocycles. The molecule has 0 radical (unpaired) electrons. The van der Waals surface area contributed by atoms with Gasteiger partial charge in [-0.25, -0.2) is 4.98 Å². The zero-order chi connectivity index (χ0) is 25.0. The van der Waals surface area contributed by atoms with E-state index in [2.05, 4.69) is 9.88 Å². The third-order valence-corrected chi connectivity index (χ3v) is 6.10. The van der Waals surface area contributed by atoms with Gasteiger partial charge in [-0.1, -0.05) is 18.6 Å². The van der Waals surface area contributed by atoms with Gasteiger partial charge < -0.3 is 13.9 Å². The summed E-state index contributed by atoms with van der Waals surface area (Å²) in [6, 6.07) is 12.1. The first-order valence-corrected chi connectivity index (χ1v) is 11.4. The van der Waals surface area contributed by atoms with Gasteiger partial charge in [0.05, 0.1) is 12.7 Å². The summed E-state index contributed by atoms with van der Waals surface area (Å²) >= 11 is 0. The highest BCUT2D eigenvalue weighted by molar-refractivity contribution is 5.75. The van der Waals surface area contributed by atoms with Crippen molar-refractivity contribution in [2.45, 2.75) is 51.6 Å². The molecule has 9 heteroatoms. The molecule has 0 N–H and O–H groups in total. The van der Waals surface area contributed by atoms with Crippen LogP contribution in [0, 0.1) is 6.92 Å². The van der Waals surface area contributed by atoms with E-state index in [-0.39, 0.29) is 24.5 Å². The van der Waals surface area contributed by atoms with Crippen molar-refractivity contribution in [2.24, 2.45) is 0 Å². The molecule has 0 saturated carbocycles. The van der Waals surface area contributed by atoms with Crippen molar-refractivity contribution in [3.63, 3.8) is 0 Å². The lowest BCUT2D eigenvalue weighted by molar-refractivity contribution is -0.148. The first kappa shape index (κ1) is 24.8. The van der Waals surface area contributed by atoms with Crippen LogP contribution in [0.4, 0.5) is 13.2 Å². The number of rotatable bonds is 7. The maximum atomic E-state index is 12.8. The van der Waals surface area contributed by atoms with E-state index in [1.807, 2.05) is 24.3 Å². The van der Waals surface area contributed by atoms with Crippen LogP contribution < -0.4 is 4.74 Å². The molecule has 0 bridgehead atoms. The zero-order valence-electron chi connectivity index (χ0n) is 19.6. The minimum Gasteiger partial charge on any atom is -0.487 e. The fraction of sp³-hybridized carbons (Fsp3) is 0.385. The predicted octanol–water partition coefficient (Wildman–Crippen LogP) is 5.78. The number of likely N-dealkylation sites (tertiary alicyclic amines) is 1. The number of halogens is 3. The molecule has 3 aromatic rings. The van der Waals surface area contributed by atoms with Crippen LogP contribution in [0.25, 0.3) is 11.5 Å². The number of carbonyl (C=O) groups is 1. The van der Waals surface area contributed by atoms with E-state index in [1.54, 1.807) is 6.92 Å². The van der Waals surface area contributed by atoms with Gasteiger partial charge in [0.2, 0.25) is 5.89 Å². The second-order valence-corrected chi connectivity index (χ2v) is 8.54. The Bertz CT molecular complexity index is 1160. The molecular formula is C26H27F3N2O4. The third kappa shape index (κ3) is 6.03. The first-order chi connectivity index (χ1) is 16.7. The molecule has 2 heterocycles. The molecule has 1 fully saturated rings. The average molecular weight is 489 g/mol. The number of aryl methyl sites for hydroxylation is 1. The largest absolute Gasteiger partial charge is 0.487 e. The van der Waals surface area contributed by atoms with Crippen molar-refractivity contribution in [3.05, 3.63) is 71.1 Å². The smallest absolute Gasteiger partial charge is 0.416 e. The third-order valence-electron chi connectivity index (χ3n) is 6.10. The monoisotopic (exact) mass is 488 g/mol. The normalized spacial score (nSPS) is 16.8. The summed E-state index contributed by atoms with van der Waals surface area (Å²) in [5, 5.41) is 0. The van der Waals surface area contributed by atoms with E-state index < -0.39 is 11.7 Å². The molecule has 0 aliphatic carbocycles. The number of ether oxygens (including phenoxy) is 2. The van der Waals surface area contributed by atoms with Crippen molar-refractivity contribution in [1.82, 2.24) is 9.88 Å². The lowest BCUT2D eigenvalue weighted by Crippen LogP contribution is -2.44. The lowest BCUT2D eigenvalue weighted by atomic mass is 10.0. The van der Waals surface area contributed by atoms with Crippen LogP contribution >= 0.6 is 0 Å². The number of hydrogen-bond donors (Lipinski definition) is 0. The Morgan fingerprint density at radius 1 is 1.17 bits per heavy atom. The number of oxazole rings is 1. The summed E-state index contributed by atoms with van der Waals surface area (Å²) in [7, 11) is 1.42. The molecular weight excluding hydrogens is 461 g/mol. The van der Waals surface area contributed by atoms with Crippen LogP contribution in [0.3, 0.4) is 0 Å². The van der Waals surface area contributed by atoms with Crippen LogP contribution in [0.5, 0.6) is 5.75 Å². The molecule has 0 spiro atoms. The van der Waals surface area contributed by atoms with Gasteiger partial charge in [-0.05, 0) is 68.3 Å². The number of aromatic nitrogens is 1. The molecule has 1 atom stereocenters. The molecule has 1 aromatic heterocycles. The second kappa shape index (κ2) is 10.5. The molecule has 0 amide bonds. The fourth-order valence-corrected chi connectivity index (χ4v) is 4.19. The fourth-order valence-electron chi connectivity index (χ4n) is 4.19. The Balaban J connectivity index is 1.41. The molecule has 1 unspecified atom stereocenters. The number of alkyl halides is 3. The number of nitrogens with zero attached hydrogens (tertiary/aromatic N) is 2. The van der Waals surface area contributed by atoms with Gasteiger partial charge in [-0.2, -0.15) is 13.2 Å². The summed E-state index contributed by atoms with van der Waals surface area (Å²) in [6.07, 6.45) is -1.57. The number of benzene rings is 2. The van der Waals surface area contributed by atoms with Crippen LogP contribution in [0.15, 0.2) is 52.9 Å². The van der Waals surface area contributed by atoms with Gasteiger partial charge in [0.25, 0.3) is 0 Å². The highest BCUT2D eigenvalue weighted by Gasteiger charge is 2.30. The van der Waals surface area contributed by atoms with E-state index in [9.17, 15) is 18.0 Å². The highest BCUT2D eigenvalue weighted by Crippen LogP contribution is 2.31. The van der Waals surface area contributed by atoms with Crippen molar-refractivity contribution in [1.29, 1.82) is 0 Å². The van der Waals surface area contributed by atoms with Gasteiger partial charge in [-0.3, -0.25) is 9.69 Å². The van der Waals surface area contributed by atoms with E-state index >= 15 is 0 Å². The van der Waals surface area contributed by atoms with Crippen LogP contribution in [0.2, 0.25) is 0 Å². The maximum absolute atomic E-state index is 12.8. The van der Waals surface area contributed by atoms with Crippen molar-refractivity contribution >= 4 is 5.97 Å². The van der Waals surface area contributed by atoms with E-state index in [0.29, 0.717) is 29.3 Å². The van der Waals surface area contributed by atoms with Gasteiger partial charge in [0.1, 0.15) is 29.9 Å². The molecule has 2 aromatic carbocycles. The zero-order valence-corrected chi connectivity index (χ0v) is 19.6. The molecule has 35 heavy (non-hydrogen) atoms. The van der Waals surface area contributed by atoms with Crippen molar-refractivity contribution in [3.8, 4) is 17.2 Å². The summed E-state index contributed by atoms with van der Waals surface area (Å²) in [5.74, 6) is 1.21. The molecule has 1 saturated heterocycles. The Morgan fingerprint density at radius 2 is 1.94 bits per heavy atom. The van der Waals surface area contributed by atoms with Crippen molar-refractivity contribution in [2.75, 3.05) is 13.7 Å². The Kier molecular flexibility index (Phi) is 7.45. The van der Waals surface area contributed by atoms with Gasteiger partial charge in [0.15, 0.2) is 0 Å². The SMILES string of the molecule is COC(=O)C1CCCCN1Cc1cccc(OCc2nc(-c3ccc(C(F)(F)F)cc3)oc2C)c1. The van der Waals surface area contributed by atoms with Crippen LogP contribution in [-0.2, 0) is 28.9 Å². The summed E-state index contributed by atoms with van der Waals surface area (Å²) in [5.41, 5.74) is 1.30. The van der Waals surface area contributed by atoms with Crippen LogP contribution in [-0.4, -0.2) is 35.5 Å². The van der Waals surface area contributed by atoms with E-state index in [0.717, 1.165) is 43.5 Å². The molecule has 1 aliphatic rings. The number of esters is 1. The maximum Gasteiger partial charge on any atom is 0.416 e. The number of hydrogen-bond acceptors (Lipinski definition) is 6. The number of methoxy groups -OCH3 is 1. The van der Waals surface area contributed by atoms with Gasteiger partial charge in [0, 0.05) is 12.1 Å². The molecule has 6 nitrogen and oxygen atoms in total. The summed E-state index contributed by atoms with van der Waals surface area (Å²) < 4.78 is 55.0. The van der Waals surface area contributed by atoms with E-state index in [1.165, 1.54) is 19.2 Å². The predicted molar refractivity (Wildman–Crippen MR) is 123 cm³/mol. The summed E-state index contributed by atoms with van der Waals surface area (Å²) in [6.45, 7) is 3.32. The standard InChI is InChI=1S/C26H27F3N2O4/c1-17-22(30-24(35-17)19-9-11-20(12-10-19)26(27,28)29)16-34-21-7-5-6-18(14-21)15-31-13-4-3-8-23(31)25(32)33-2/h5-7,9-12,14,23H,3-4,8,13,15-16H2,1-2H3. The van der Waals surface area contributed by atoms with Gasteiger partial charge >= 0.3 is 12.1 Å². The number of carbonyl (C=O) groups excluding carboxylic acids is 1. The van der Waals surface area contributed by atoms with Crippen LogP contribution in [0.1, 0.15) is 41.8 Å². The second-order valence-electron chi connectivity index (χ2n) is 8.54. The Hall–Kier alpha value is -3.33.